The Morgan fingerprint density at radius 2 is 1.90 bits per heavy atom. The highest BCUT2D eigenvalue weighted by molar-refractivity contribution is 5.68. The molecular formula is C17H26N2O2. The van der Waals surface area contributed by atoms with Gasteiger partial charge in [0, 0.05) is 32.2 Å². The Labute approximate surface area is 127 Å². The number of ether oxygens (including phenoxy) is 1. The maximum atomic E-state index is 12.1. The van der Waals surface area contributed by atoms with Gasteiger partial charge in [-0.1, -0.05) is 30.3 Å². The zero-order chi connectivity index (χ0) is 15.5. The van der Waals surface area contributed by atoms with Gasteiger partial charge in [0.25, 0.3) is 0 Å². The number of carbonyl (C=O) groups excluding carboxylic acids is 1. The van der Waals surface area contributed by atoms with Gasteiger partial charge in [0.05, 0.1) is 0 Å². The lowest BCUT2D eigenvalue weighted by Crippen LogP contribution is -2.54. The van der Waals surface area contributed by atoms with Crippen LogP contribution in [0.2, 0.25) is 0 Å². The molecule has 1 amide bonds. The van der Waals surface area contributed by atoms with Crippen molar-refractivity contribution in [2.45, 2.75) is 45.9 Å². The number of piperazine rings is 1. The maximum Gasteiger partial charge on any atom is 0.410 e. The molecule has 0 saturated carbocycles. The minimum Gasteiger partial charge on any atom is -0.444 e. The first-order valence-electron chi connectivity index (χ1n) is 7.61. The minimum absolute atomic E-state index is 0.200. The van der Waals surface area contributed by atoms with Crippen LogP contribution in [0.5, 0.6) is 0 Å². The van der Waals surface area contributed by atoms with Crippen LogP contribution in [0, 0.1) is 0 Å². The van der Waals surface area contributed by atoms with Gasteiger partial charge in [-0.15, -0.1) is 0 Å². The molecule has 0 radical (unpaired) electrons. The SMILES string of the molecule is C[C@@H]1CN(C(=O)OC(C)(C)C)CCN1Cc1ccccc1. The lowest BCUT2D eigenvalue weighted by molar-refractivity contribution is 0.00461. The van der Waals surface area contributed by atoms with E-state index >= 15 is 0 Å². The highest BCUT2D eigenvalue weighted by Gasteiger charge is 2.29. The first kappa shape index (κ1) is 15.8. The van der Waals surface area contributed by atoms with Gasteiger partial charge in [-0.05, 0) is 33.3 Å². The third-order valence-corrected chi connectivity index (χ3v) is 3.65. The predicted molar refractivity (Wildman–Crippen MR) is 84.1 cm³/mol. The van der Waals surface area contributed by atoms with E-state index in [1.54, 1.807) is 0 Å². The van der Waals surface area contributed by atoms with Gasteiger partial charge in [-0.25, -0.2) is 4.79 Å². The van der Waals surface area contributed by atoms with Crippen molar-refractivity contribution in [3.05, 3.63) is 35.9 Å². The van der Waals surface area contributed by atoms with E-state index in [9.17, 15) is 4.79 Å². The molecule has 2 rings (SSSR count). The fourth-order valence-electron chi connectivity index (χ4n) is 2.54. The highest BCUT2D eigenvalue weighted by atomic mass is 16.6. The molecule has 0 aromatic heterocycles. The van der Waals surface area contributed by atoms with Crippen LogP contribution in [-0.4, -0.2) is 47.2 Å². The lowest BCUT2D eigenvalue weighted by atomic mass is 10.1. The Bertz CT molecular complexity index is 467. The molecule has 116 valence electrons. The van der Waals surface area contributed by atoms with Crippen molar-refractivity contribution in [3.63, 3.8) is 0 Å². The van der Waals surface area contributed by atoms with Crippen molar-refractivity contribution in [1.29, 1.82) is 0 Å². The molecule has 0 bridgehead atoms. The Morgan fingerprint density at radius 1 is 1.24 bits per heavy atom. The van der Waals surface area contributed by atoms with Crippen molar-refractivity contribution < 1.29 is 9.53 Å². The van der Waals surface area contributed by atoms with Crippen LogP contribution in [0.4, 0.5) is 4.79 Å². The molecule has 1 heterocycles. The van der Waals surface area contributed by atoms with E-state index in [1.807, 2.05) is 31.7 Å². The van der Waals surface area contributed by atoms with Crippen molar-refractivity contribution in [2.75, 3.05) is 19.6 Å². The Kier molecular flexibility index (Phi) is 4.88. The fraction of sp³-hybridized carbons (Fsp3) is 0.588. The second-order valence-corrected chi connectivity index (χ2v) is 6.73. The Morgan fingerprint density at radius 3 is 2.48 bits per heavy atom. The quantitative estimate of drug-likeness (QED) is 0.839. The number of nitrogens with zero attached hydrogens (tertiary/aromatic N) is 2. The van der Waals surface area contributed by atoms with Crippen molar-refractivity contribution >= 4 is 6.09 Å². The van der Waals surface area contributed by atoms with Crippen molar-refractivity contribution in [3.8, 4) is 0 Å². The fourth-order valence-corrected chi connectivity index (χ4v) is 2.54. The van der Waals surface area contributed by atoms with E-state index in [0.717, 1.165) is 26.2 Å². The van der Waals surface area contributed by atoms with Crippen LogP contribution in [0.1, 0.15) is 33.3 Å². The molecule has 0 spiro atoms. The van der Waals surface area contributed by atoms with E-state index < -0.39 is 5.60 Å². The van der Waals surface area contributed by atoms with Crippen LogP contribution in [0.15, 0.2) is 30.3 Å². The molecule has 0 unspecified atom stereocenters. The van der Waals surface area contributed by atoms with Crippen LogP contribution in [-0.2, 0) is 11.3 Å². The zero-order valence-electron chi connectivity index (χ0n) is 13.5. The molecule has 1 aromatic rings. The second kappa shape index (κ2) is 6.48. The van der Waals surface area contributed by atoms with E-state index in [0.29, 0.717) is 6.04 Å². The molecule has 1 aromatic carbocycles. The Hall–Kier alpha value is -1.55. The molecule has 4 nitrogen and oxygen atoms in total. The summed E-state index contributed by atoms with van der Waals surface area (Å²) in [6.45, 7) is 11.1. The number of hydrogen-bond donors (Lipinski definition) is 0. The average Bonchev–Trinajstić information content (AvgIpc) is 2.40. The molecule has 4 heteroatoms. The molecule has 1 saturated heterocycles. The number of carbonyl (C=O) groups is 1. The summed E-state index contributed by atoms with van der Waals surface area (Å²) in [5.41, 5.74) is 0.886. The molecule has 1 atom stereocenters. The van der Waals surface area contributed by atoms with Crippen LogP contribution in [0.25, 0.3) is 0 Å². The van der Waals surface area contributed by atoms with E-state index in [-0.39, 0.29) is 6.09 Å². The minimum atomic E-state index is -0.429. The summed E-state index contributed by atoms with van der Waals surface area (Å²) in [5, 5.41) is 0. The molecule has 0 aliphatic carbocycles. The second-order valence-electron chi connectivity index (χ2n) is 6.73. The highest BCUT2D eigenvalue weighted by Crippen LogP contribution is 2.16. The smallest absolute Gasteiger partial charge is 0.410 e. The summed E-state index contributed by atoms with van der Waals surface area (Å²) in [5.74, 6) is 0. The summed E-state index contributed by atoms with van der Waals surface area (Å²) in [7, 11) is 0. The summed E-state index contributed by atoms with van der Waals surface area (Å²) in [4.78, 5) is 16.3. The van der Waals surface area contributed by atoms with Crippen LogP contribution < -0.4 is 0 Å². The first-order chi connectivity index (χ1) is 9.85. The summed E-state index contributed by atoms with van der Waals surface area (Å²) in [6.07, 6.45) is -0.200. The van der Waals surface area contributed by atoms with Gasteiger partial charge in [0.2, 0.25) is 0 Å². The van der Waals surface area contributed by atoms with Crippen LogP contribution in [0.3, 0.4) is 0 Å². The standard InChI is InChI=1S/C17H26N2O2/c1-14-12-19(16(20)21-17(2,3)4)11-10-18(14)13-15-8-6-5-7-9-15/h5-9,14H,10-13H2,1-4H3/t14-/m1/s1. The molecule has 1 aliphatic heterocycles. The monoisotopic (exact) mass is 290 g/mol. The third-order valence-electron chi connectivity index (χ3n) is 3.65. The van der Waals surface area contributed by atoms with E-state index in [1.165, 1.54) is 5.56 Å². The van der Waals surface area contributed by atoms with Crippen molar-refractivity contribution in [1.82, 2.24) is 9.80 Å². The number of rotatable bonds is 2. The van der Waals surface area contributed by atoms with E-state index in [2.05, 4.69) is 36.1 Å². The number of benzene rings is 1. The third kappa shape index (κ3) is 4.74. The number of hydrogen-bond acceptors (Lipinski definition) is 3. The largest absolute Gasteiger partial charge is 0.444 e. The molecule has 1 aliphatic rings. The summed E-state index contributed by atoms with van der Waals surface area (Å²) >= 11 is 0. The zero-order valence-corrected chi connectivity index (χ0v) is 13.5. The maximum absolute atomic E-state index is 12.1. The topological polar surface area (TPSA) is 32.8 Å². The summed E-state index contributed by atoms with van der Waals surface area (Å²) < 4.78 is 5.45. The van der Waals surface area contributed by atoms with Gasteiger partial charge < -0.3 is 9.64 Å². The molecule has 1 fully saturated rings. The van der Waals surface area contributed by atoms with Crippen LogP contribution >= 0.6 is 0 Å². The van der Waals surface area contributed by atoms with Gasteiger partial charge in [-0.2, -0.15) is 0 Å². The molecular weight excluding hydrogens is 264 g/mol. The molecule has 21 heavy (non-hydrogen) atoms. The molecule has 0 N–H and O–H groups in total. The first-order valence-corrected chi connectivity index (χ1v) is 7.61. The summed E-state index contributed by atoms with van der Waals surface area (Å²) in [6, 6.07) is 10.8. The van der Waals surface area contributed by atoms with Gasteiger partial charge in [-0.3, -0.25) is 4.90 Å². The predicted octanol–water partition coefficient (Wildman–Crippen LogP) is 3.13. The normalized spacial score (nSPS) is 20.4. The average molecular weight is 290 g/mol. The number of amides is 1. The lowest BCUT2D eigenvalue weighted by Gasteiger charge is -2.40. The van der Waals surface area contributed by atoms with Gasteiger partial charge in [0.1, 0.15) is 5.60 Å². The van der Waals surface area contributed by atoms with E-state index in [4.69, 9.17) is 4.74 Å². The van der Waals surface area contributed by atoms with Gasteiger partial charge in [0.15, 0.2) is 0 Å². The Balaban J connectivity index is 1.89. The van der Waals surface area contributed by atoms with Crippen molar-refractivity contribution in [2.24, 2.45) is 0 Å². The van der Waals surface area contributed by atoms with Gasteiger partial charge >= 0.3 is 6.09 Å².